The van der Waals surface area contributed by atoms with Gasteiger partial charge in [-0.2, -0.15) is 0 Å². The monoisotopic (exact) mass is 354 g/mol. The van der Waals surface area contributed by atoms with Gasteiger partial charge in [0.05, 0.1) is 11.7 Å². The lowest BCUT2D eigenvalue weighted by Crippen LogP contribution is -2.42. The Bertz CT molecular complexity index is 647. The van der Waals surface area contributed by atoms with E-state index in [9.17, 15) is 23.9 Å². The van der Waals surface area contributed by atoms with Crippen molar-refractivity contribution < 1.29 is 33.4 Å². The van der Waals surface area contributed by atoms with Crippen molar-refractivity contribution >= 4 is 17.9 Å². The zero-order valence-electron chi connectivity index (χ0n) is 15.0. The smallest absolute Gasteiger partial charge is 0.360 e. The van der Waals surface area contributed by atoms with Crippen molar-refractivity contribution in [3.8, 4) is 0 Å². The summed E-state index contributed by atoms with van der Waals surface area (Å²) in [7, 11) is 0. The first kappa shape index (κ1) is 20.6. The lowest BCUT2D eigenvalue weighted by atomic mass is 9.94. The highest BCUT2D eigenvalue weighted by atomic mass is 19.1. The maximum Gasteiger partial charge on any atom is 0.360 e. The fourth-order valence-corrected chi connectivity index (χ4v) is 1.85. The van der Waals surface area contributed by atoms with Gasteiger partial charge in [0.15, 0.2) is 0 Å². The van der Waals surface area contributed by atoms with Crippen LogP contribution < -0.4 is 0 Å². The first-order chi connectivity index (χ1) is 11.4. The van der Waals surface area contributed by atoms with E-state index in [-0.39, 0.29) is 5.56 Å². The minimum Gasteiger partial charge on any atom is -0.478 e. The predicted octanol–water partition coefficient (Wildman–Crippen LogP) is 3.23. The highest BCUT2D eigenvalue weighted by molar-refractivity contribution is 6.03. The number of carbonyl (C=O) groups is 3. The molecule has 1 aromatic carbocycles. The van der Waals surface area contributed by atoms with E-state index in [0.29, 0.717) is 6.42 Å². The number of ether oxygens (including phenoxy) is 2. The molecule has 1 aromatic rings. The predicted molar refractivity (Wildman–Crippen MR) is 87.9 cm³/mol. The molecule has 0 aliphatic rings. The molecular formula is C18H23FO6. The van der Waals surface area contributed by atoms with E-state index in [0.717, 1.165) is 12.1 Å². The summed E-state index contributed by atoms with van der Waals surface area (Å²) in [5.41, 5.74) is -4.38. The molecule has 0 amide bonds. The van der Waals surface area contributed by atoms with Crippen molar-refractivity contribution in [2.45, 2.75) is 58.4 Å². The molecule has 1 N–H and O–H groups in total. The largest absolute Gasteiger partial charge is 0.478 e. The first-order valence-corrected chi connectivity index (χ1v) is 7.89. The normalized spacial score (nSPS) is 15.0. The van der Waals surface area contributed by atoms with Gasteiger partial charge in [-0.05, 0) is 46.2 Å². The quantitative estimate of drug-likeness (QED) is 0.623. The number of rotatable bonds is 6. The Morgan fingerprint density at radius 1 is 1.16 bits per heavy atom. The highest BCUT2D eigenvalue weighted by Crippen LogP contribution is 2.29. The summed E-state index contributed by atoms with van der Waals surface area (Å²) in [6, 6.07) is 4.53. The van der Waals surface area contributed by atoms with E-state index in [1.807, 2.05) is 0 Å². The lowest BCUT2D eigenvalue weighted by Gasteiger charge is -2.22. The maximum atomic E-state index is 15.0. The first-order valence-electron chi connectivity index (χ1n) is 7.89. The maximum absolute atomic E-state index is 15.0. The number of carboxylic acid groups (broad SMARTS) is 1. The Labute approximate surface area is 145 Å². The van der Waals surface area contributed by atoms with Crippen molar-refractivity contribution in [1.29, 1.82) is 0 Å². The molecular weight excluding hydrogens is 331 g/mol. The van der Waals surface area contributed by atoms with E-state index in [1.165, 1.54) is 19.1 Å². The van der Waals surface area contributed by atoms with E-state index in [2.05, 4.69) is 0 Å². The molecule has 25 heavy (non-hydrogen) atoms. The number of hydrogen-bond acceptors (Lipinski definition) is 5. The van der Waals surface area contributed by atoms with Crippen molar-refractivity contribution in [2.75, 3.05) is 0 Å². The Morgan fingerprint density at radius 3 is 2.08 bits per heavy atom. The summed E-state index contributed by atoms with van der Waals surface area (Å²) in [5, 5.41) is 9.21. The molecule has 0 saturated heterocycles. The molecule has 1 rings (SSSR count). The van der Waals surface area contributed by atoms with Gasteiger partial charge in [0.25, 0.3) is 0 Å². The van der Waals surface area contributed by atoms with Crippen LogP contribution in [-0.2, 0) is 24.7 Å². The van der Waals surface area contributed by atoms with Crippen molar-refractivity contribution in [2.24, 2.45) is 0 Å². The Balaban J connectivity index is 3.12. The average molecular weight is 354 g/mol. The third kappa shape index (κ3) is 5.01. The molecule has 0 fully saturated rings. The second kappa shape index (κ2) is 7.63. The second-order valence-corrected chi connectivity index (χ2v) is 6.67. The zero-order valence-corrected chi connectivity index (χ0v) is 15.0. The molecule has 2 atom stereocenters. The summed E-state index contributed by atoms with van der Waals surface area (Å²) >= 11 is 0. The van der Waals surface area contributed by atoms with Gasteiger partial charge in [0.2, 0.25) is 0 Å². The average Bonchev–Trinajstić information content (AvgIpc) is 2.52. The van der Waals surface area contributed by atoms with E-state index < -0.39 is 40.8 Å². The Hall–Kier alpha value is -2.44. The Kier molecular flexibility index (Phi) is 6.29. The minimum absolute atomic E-state index is 0.113. The minimum atomic E-state index is -3.35. The van der Waals surface area contributed by atoms with Crippen LogP contribution in [-0.4, -0.2) is 34.7 Å². The number of halogens is 1. The molecule has 0 radical (unpaired) electrons. The van der Waals surface area contributed by atoms with Gasteiger partial charge in [-0.25, -0.2) is 18.8 Å². The number of carboxylic acids is 1. The highest BCUT2D eigenvalue weighted by Gasteiger charge is 2.51. The molecule has 0 aliphatic heterocycles. The lowest BCUT2D eigenvalue weighted by molar-refractivity contribution is -0.175. The SMILES string of the molecule is CCC(C)OC(=O)C(F)(C(=O)O)c1ccc(C(=O)OC(C)(C)C)cc1. The summed E-state index contributed by atoms with van der Waals surface area (Å²) in [5.74, 6) is -4.12. The van der Waals surface area contributed by atoms with Crippen LogP contribution in [0.2, 0.25) is 0 Å². The molecule has 0 aliphatic carbocycles. The zero-order chi connectivity index (χ0) is 19.4. The molecule has 6 nitrogen and oxygen atoms in total. The van der Waals surface area contributed by atoms with Crippen LogP contribution in [0.4, 0.5) is 4.39 Å². The van der Waals surface area contributed by atoms with Gasteiger partial charge in [0, 0.05) is 5.56 Å². The van der Waals surface area contributed by atoms with Gasteiger partial charge >= 0.3 is 23.6 Å². The second-order valence-electron chi connectivity index (χ2n) is 6.67. The van der Waals surface area contributed by atoms with Gasteiger partial charge in [-0.3, -0.25) is 0 Å². The van der Waals surface area contributed by atoms with Gasteiger partial charge in [-0.1, -0.05) is 19.1 Å². The van der Waals surface area contributed by atoms with Crippen LogP contribution in [0.3, 0.4) is 0 Å². The summed E-state index contributed by atoms with van der Waals surface area (Å²) in [4.78, 5) is 35.3. The third-order valence-corrected chi connectivity index (χ3v) is 3.38. The number of esters is 2. The van der Waals surface area contributed by atoms with Crippen LogP contribution in [0.5, 0.6) is 0 Å². The van der Waals surface area contributed by atoms with Crippen molar-refractivity contribution in [3.05, 3.63) is 35.4 Å². The van der Waals surface area contributed by atoms with Crippen LogP contribution >= 0.6 is 0 Å². The summed E-state index contributed by atoms with van der Waals surface area (Å²) < 4.78 is 25.0. The molecule has 0 heterocycles. The molecule has 0 bridgehead atoms. The number of hydrogen-bond donors (Lipinski definition) is 1. The number of aliphatic carboxylic acids is 1. The fourth-order valence-electron chi connectivity index (χ4n) is 1.85. The molecule has 2 unspecified atom stereocenters. The van der Waals surface area contributed by atoms with Crippen LogP contribution in [0.15, 0.2) is 24.3 Å². The summed E-state index contributed by atoms with van der Waals surface area (Å²) in [6.45, 7) is 8.34. The Morgan fingerprint density at radius 2 is 1.68 bits per heavy atom. The van der Waals surface area contributed by atoms with Crippen LogP contribution in [0.1, 0.15) is 57.0 Å². The molecule has 7 heteroatoms. The van der Waals surface area contributed by atoms with Crippen LogP contribution in [0.25, 0.3) is 0 Å². The molecule has 138 valence electrons. The van der Waals surface area contributed by atoms with E-state index >= 15 is 0 Å². The van der Waals surface area contributed by atoms with Gasteiger partial charge in [-0.15, -0.1) is 0 Å². The molecule has 0 aromatic heterocycles. The third-order valence-electron chi connectivity index (χ3n) is 3.38. The molecule has 0 saturated carbocycles. The number of alkyl halides is 1. The fraction of sp³-hybridized carbons (Fsp3) is 0.500. The van der Waals surface area contributed by atoms with Gasteiger partial charge in [0.1, 0.15) is 5.60 Å². The van der Waals surface area contributed by atoms with Crippen LogP contribution in [0, 0.1) is 0 Å². The summed E-state index contributed by atoms with van der Waals surface area (Å²) in [6.07, 6.45) is -0.207. The van der Waals surface area contributed by atoms with Crippen molar-refractivity contribution in [1.82, 2.24) is 0 Å². The number of benzene rings is 1. The molecule has 0 spiro atoms. The standard InChI is InChI=1S/C18H23FO6/c1-6-11(2)24-16(23)18(19,15(21)22)13-9-7-12(8-10-13)14(20)25-17(3,4)5/h7-11H,6H2,1-5H3,(H,21,22). The topological polar surface area (TPSA) is 89.9 Å². The number of carbonyl (C=O) groups excluding carboxylic acids is 2. The van der Waals surface area contributed by atoms with Gasteiger partial charge < -0.3 is 14.6 Å². The van der Waals surface area contributed by atoms with Crippen molar-refractivity contribution in [3.63, 3.8) is 0 Å². The van der Waals surface area contributed by atoms with E-state index in [4.69, 9.17) is 9.47 Å². The van der Waals surface area contributed by atoms with E-state index in [1.54, 1.807) is 27.7 Å².